The van der Waals surface area contributed by atoms with Crippen LogP contribution in [0, 0.1) is 0 Å². The van der Waals surface area contributed by atoms with Crippen LogP contribution in [0.4, 0.5) is 8.78 Å². The number of carbonyl (C=O) groups is 1. The number of nitrogens with one attached hydrogen (secondary N) is 1. The van der Waals surface area contributed by atoms with Crippen LogP contribution in [-0.4, -0.2) is 41.1 Å². The Morgan fingerprint density at radius 2 is 2.06 bits per heavy atom. The third-order valence-electron chi connectivity index (χ3n) is 2.19. The molecule has 0 bridgehead atoms. The Kier molecular flexibility index (Phi) is 2.71. The van der Waals surface area contributed by atoms with Gasteiger partial charge in [0.15, 0.2) is 0 Å². The van der Waals surface area contributed by atoms with Crippen molar-refractivity contribution >= 4 is 41.9 Å². The van der Waals surface area contributed by atoms with E-state index in [1.165, 1.54) is 24.3 Å². The van der Waals surface area contributed by atoms with E-state index in [4.69, 9.17) is 5.11 Å². The molecule has 2 rings (SSSR count). The summed E-state index contributed by atoms with van der Waals surface area (Å²) in [5.74, 6) is -1.10. The van der Waals surface area contributed by atoms with E-state index < -0.39 is 9.55 Å². The van der Waals surface area contributed by atoms with E-state index in [2.05, 4.69) is 4.98 Å². The predicted molar refractivity (Wildman–Crippen MR) is 54.9 cm³/mol. The van der Waals surface area contributed by atoms with Crippen molar-refractivity contribution in [3.8, 4) is 0 Å². The molecule has 0 aliphatic rings. The van der Waals surface area contributed by atoms with Crippen LogP contribution in [0.2, 0.25) is 0 Å². The van der Waals surface area contributed by atoms with E-state index in [1.54, 1.807) is 0 Å². The number of halogens is 2. The Balaban J connectivity index is 2.58. The number of alkyl halides is 2. The summed E-state index contributed by atoms with van der Waals surface area (Å²) in [6, 6.07) is 5.43. The van der Waals surface area contributed by atoms with Crippen LogP contribution in [0.5, 0.6) is 0 Å². The summed E-state index contributed by atoms with van der Waals surface area (Å²) in [5, 5.41) is 9.22. The van der Waals surface area contributed by atoms with E-state index in [0.717, 1.165) is 0 Å². The van der Waals surface area contributed by atoms with Crippen molar-refractivity contribution in [3.05, 3.63) is 35.5 Å². The maximum absolute atomic E-state index is 13.1. The van der Waals surface area contributed by atoms with Gasteiger partial charge in [-0.15, -0.1) is 0 Å². The molecule has 0 spiro atoms. The molecule has 0 aliphatic carbocycles. The molecule has 1 radical (unpaired) electrons. The Morgan fingerprint density at radius 1 is 1.38 bits per heavy atom. The first-order valence-electron chi connectivity index (χ1n) is 4.33. The van der Waals surface area contributed by atoms with Crippen LogP contribution < -0.4 is 0 Å². The maximum atomic E-state index is 13.1. The molecular formula is C10H6F2NO2Po. The van der Waals surface area contributed by atoms with Crippen LogP contribution in [0.3, 0.4) is 0 Å². The second kappa shape index (κ2) is 3.78. The van der Waals surface area contributed by atoms with Crippen LogP contribution in [0.15, 0.2) is 24.3 Å². The normalized spacial score (nSPS) is 11.9. The number of benzene rings is 1. The van der Waals surface area contributed by atoms with E-state index in [-0.39, 0.29) is 36.3 Å². The minimum absolute atomic E-state index is 0.00100. The zero-order valence-corrected chi connectivity index (χ0v) is 11.0. The summed E-state index contributed by atoms with van der Waals surface area (Å²) in [5.41, 5.74) is 0.449. The number of carboxylic acid groups (broad SMARTS) is 1. The molecule has 0 saturated heterocycles. The molecule has 1 aromatic carbocycles. The zero-order valence-electron chi connectivity index (χ0n) is 7.83. The molecule has 2 aromatic rings. The molecule has 6 heteroatoms. The number of H-pyrrole nitrogens is 1. The predicted octanol–water partition coefficient (Wildman–Crippen LogP) is 2.08. The van der Waals surface area contributed by atoms with Crippen molar-refractivity contribution in [2.75, 3.05) is 0 Å². The summed E-state index contributed by atoms with van der Waals surface area (Å²) >= 11 is 0.163. The fraction of sp³-hybridized carbons (Fsp3) is 0.100. The van der Waals surface area contributed by atoms with Crippen LogP contribution in [-0.2, 0) is 3.58 Å². The Hall–Kier alpha value is -1.01. The van der Waals surface area contributed by atoms with Gasteiger partial charge >= 0.3 is 105 Å². The molecule has 0 amide bonds. The van der Waals surface area contributed by atoms with Gasteiger partial charge in [0.05, 0.1) is 0 Å². The Bertz CT molecular complexity index is 559. The van der Waals surface area contributed by atoms with Crippen molar-refractivity contribution in [2.24, 2.45) is 0 Å². The first kappa shape index (κ1) is 11.5. The van der Waals surface area contributed by atoms with Crippen LogP contribution in [0.1, 0.15) is 16.1 Å². The second-order valence-electron chi connectivity index (χ2n) is 3.31. The first-order valence-corrected chi connectivity index (χ1v) is 5.91. The summed E-state index contributed by atoms with van der Waals surface area (Å²) in [7, 11) is 0. The number of aromatic amines is 1. The van der Waals surface area contributed by atoms with Gasteiger partial charge in [-0.3, -0.25) is 0 Å². The van der Waals surface area contributed by atoms with Crippen LogP contribution >= 0.6 is 0 Å². The molecule has 0 unspecified atom stereocenters. The fourth-order valence-electron chi connectivity index (χ4n) is 1.43. The second-order valence-corrected chi connectivity index (χ2v) is 5.30. The molecule has 83 valence electrons. The number of aromatic nitrogens is 1. The monoisotopic (exact) mass is 419 g/mol. The third-order valence-corrected chi connectivity index (χ3v) is 3.10. The van der Waals surface area contributed by atoms with Gasteiger partial charge in [0.2, 0.25) is 0 Å². The Labute approximate surface area is 105 Å². The molecule has 0 fully saturated rings. The van der Waals surface area contributed by atoms with Gasteiger partial charge in [0.1, 0.15) is 0 Å². The minimum atomic E-state index is -2.84. The van der Waals surface area contributed by atoms with E-state index in [9.17, 15) is 13.6 Å². The van der Waals surface area contributed by atoms with Crippen molar-refractivity contribution in [1.29, 1.82) is 0 Å². The molecular weight excluding hydrogens is 413 g/mol. The number of carboxylic acids is 1. The first-order chi connectivity index (χ1) is 7.38. The van der Waals surface area contributed by atoms with Gasteiger partial charge in [0.25, 0.3) is 0 Å². The third kappa shape index (κ3) is 2.07. The number of hydrogen-bond donors (Lipinski definition) is 2. The number of rotatable bonds is 2. The van der Waals surface area contributed by atoms with Gasteiger partial charge in [-0.05, 0) is 0 Å². The number of fused-ring (bicyclic) bond motifs is 1. The van der Waals surface area contributed by atoms with Gasteiger partial charge in [-0.1, -0.05) is 0 Å². The number of hydrogen-bond acceptors (Lipinski definition) is 1. The standard InChI is InChI=1S/C10H6F2NO2.Po/c11-9(12)5-1-2-7-6(3-5)4-8(13-7)10(14)15;/h1-4,13H,(H,14,15);. The summed E-state index contributed by atoms with van der Waals surface area (Å²) in [4.78, 5) is 13.3. The van der Waals surface area contributed by atoms with Gasteiger partial charge in [-0.2, -0.15) is 0 Å². The molecule has 0 aliphatic heterocycles. The summed E-state index contributed by atoms with van der Waals surface area (Å²) < 4.78 is 23.3. The van der Waals surface area contributed by atoms with Crippen LogP contribution in [0.25, 0.3) is 10.9 Å². The average molecular weight is 419 g/mol. The van der Waals surface area contributed by atoms with E-state index >= 15 is 0 Å². The molecule has 0 saturated carbocycles. The molecule has 3 nitrogen and oxygen atoms in total. The molecule has 1 aromatic heterocycles. The molecule has 0 atom stereocenters. The van der Waals surface area contributed by atoms with Gasteiger partial charge in [-0.25, -0.2) is 0 Å². The SMILES string of the molecule is O=C(O)c1cc2cc([C](F)(F)[Po])ccc2[nH]1. The van der Waals surface area contributed by atoms with Crippen molar-refractivity contribution < 1.29 is 18.7 Å². The zero-order chi connectivity index (χ0) is 11.9. The van der Waals surface area contributed by atoms with E-state index in [0.29, 0.717) is 10.9 Å². The average Bonchev–Trinajstić information content (AvgIpc) is 2.58. The van der Waals surface area contributed by atoms with Crippen molar-refractivity contribution in [2.45, 2.75) is 3.58 Å². The van der Waals surface area contributed by atoms with Crippen molar-refractivity contribution in [1.82, 2.24) is 4.98 Å². The van der Waals surface area contributed by atoms with Gasteiger partial charge in [0, 0.05) is 0 Å². The number of aromatic carboxylic acids is 1. The summed E-state index contributed by atoms with van der Waals surface area (Å²) in [6.07, 6.45) is 0. The molecule has 16 heavy (non-hydrogen) atoms. The van der Waals surface area contributed by atoms with Crippen molar-refractivity contribution in [3.63, 3.8) is 0 Å². The summed E-state index contributed by atoms with van der Waals surface area (Å²) in [6.45, 7) is 0. The molecule has 2 N–H and O–H groups in total. The molecule has 1 heterocycles. The Morgan fingerprint density at radius 3 is 2.62 bits per heavy atom. The van der Waals surface area contributed by atoms with Gasteiger partial charge < -0.3 is 0 Å². The topological polar surface area (TPSA) is 53.1 Å². The fourth-order valence-corrected chi connectivity index (χ4v) is 1.92. The quantitative estimate of drug-likeness (QED) is 0.784. The van der Waals surface area contributed by atoms with E-state index in [1.807, 2.05) is 0 Å².